The van der Waals surface area contributed by atoms with E-state index >= 15 is 0 Å². The van der Waals surface area contributed by atoms with E-state index in [1.165, 1.54) is 9.58 Å². The summed E-state index contributed by atoms with van der Waals surface area (Å²) in [5.41, 5.74) is 1.20. The smallest absolute Gasteiger partial charge is 0.407 e. The van der Waals surface area contributed by atoms with Gasteiger partial charge in [0, 0.05) is 18.5 Å². The molecule has 18 heavy (non-hydrogen) atoms. The molecule has 0 unspecified atom stereocenters. The minimum Gasteiger partial charge on any atom is -0.477 e. The number of rotatable bonds is 3. The fourth-order valence-corrected chi connectivity index (χ4v) is 2.08. The van der Waals surface area contributed by atoms with Crippen molar-refractivity contribution in [1.29, 1.82) is 0 Å². The Morgan fingerprint density at radius 3 is 2.72 bits per heavy atom. The van der Waals surface area contributed by atoms with Crippen LogP contribution in [0.15, 0.2) is 12.7 Å². The van der Waals surface area contributed by atoms with Crippen molar-refractivity contribution >= 4 is 12.1 Å². The first kappa shape index (κ1) is 12.2. The standard InChI is InChI=1S/C11H13N3O4/c1-2-4-14-9(10(15)16)7-6-13(11(17)18)5-3-8(7)12-14/h2H,1,3-6H2,(H,15,16)(H,17,18). The molecule has 7 heteroatoms. The molecule has 1 aromatic rings. The van der Waals surface area contributed by atoms with Crippen LogP contribution in [-0.2, 0) is 19.5 Å². The number of aromatic nitrogens is 2. The average molecular weight is 251 g/mol. The van der Waals surface area contributed by atoms with Crippen LogP contribution < -0.4 is 0 Å². The maximum Gasteiger partial charge on any atom is 0.407 e. The van der Waals surface area contributed by atoms with Gasteiger partial charge in [-0.25, -0.2) is 9.59 Å². The van der Waals surface area contributed by atoms with Crippen molar-refractivity contribution in [2.45, 2.75) is 19.5 Å². The minimum atomic E-state index is -1.10. The van der Waals surface area contributed by atoms with Crippen LogP contribution in [0.25, 0.3) is 0 Å². The summed E-state index contributed by atoms with van der Waals surface area (Å²) in [6, 6.07) is 0. The largest absolute Gasteiger partial charge is 0.477 e. The summed E-state index contributed by atoms with van der Waals surface area (Å²) in [6.07, 6.45) is 0.944. The van der Waals surface area contributed by atoms with E-state index in [0.717, 1.165) is 0 Å². The molecule has 0 atom stereocenters. The van der Waals surface area contributed by atoms with Crippen LogP contribution in [0.2, 0.25) is 0 Å². The van der Waals surface area contributed by atoms with Crippen LogP contribution in [0.4, 0.5) is 4.79 Å². The molecule has 0 aliphatic carbocycles. The molecule has 2 rings (SSSR count). The van der Waals surface area contributed by atoms with Crippen LogP contribution >= 0.6 is 0 Å². The third-order valence-electron chi connectivity index (χ3n) is 2.88. The molecular weight excluding hydrogens is 238 g/mol. The van der Waals surface area contributed by atoms with Gasteiger partial charge in [-0.15, -0.1) is 6.58 Å². The SMILES string of the molecule is C=CCn1nc2c(c1C(=O)O)CN(C(=O)O)CC2. The molecule has 1 aliphatic rings. The second-order valence-electron chi connectivity index (χ2n) is 4.00. The summed E-state index contributed by atoms with van der Waals surface area (Å²) < 4.78 is 1.35. The number of carbonyl (C=O) groups is 2. The van der Waals surface area contributed by atoms with Crippen LogP contribution in [-0.4, -0.2) is 43.5 Å². The molecule has 7 nitrogen and oxygen atoms in total. The van der Waals surface area contributed by atoms with E-state index in [1.807, 2.05) is 0 Å². The Balaban J connectivity index is 2.44. The Morgan fingerprint density at radius 2 is 2.17 bits per heavy atom. The van der Waals surface area contributed by atoms with Gasteiger partial charge >= 0.3 is 12.1 Å². The molecule has 1 aromatic heterocycles. The van der Waals surface area contributed by atoms with Crippen molar-refractivity contribution in [3.8, 4) is 0 Å². The topological polar surface area (TPSA) is 95.7 Å². The molecule has 0 saturated carbocycles. The highest BCUT2D eigenvalue weighted by molar-refractivity contribution is 5.88. The molecule has 1 aliphatic heterocycles. The third kappa shape index (κ3) is 1.94. The van der Waals surface area contributed by atoms with Crippen molar-refractivity contribution in [3.05, 3.63) is 29.6 Å². The number of allylic oxidation sites excluding steroid dienone is 1. The Labute approximate surface area is 103 Å². The number of aromatic carboxylic acids is 1. The second-order valence-corrected chi connectivity index (χ2v) is 4.00. The molecule has 2 N–H and O–H groups in total. The lowest BCUT2D eigenvalue weighted by Crippen LogP contribution is -2.35. The van der Waals surface area contributed by atoms with E-state index < -0.39 is 12.1 Å². The zero-order chi connectivity index (χ0) is 13.3. The molecule has 96 valence electrons. The van der Waals surface area contributed by atoms with Gasteiger partial charge < -0.3 is 15.1 Å². The summed E-state index contributed by atoms with van der Waals surface area (Å²) in [5.74, 6) is -1.10. The number of amides is 1. The molecule has 1 amide bonds. The Kier molecular flexibility index (Phi) is 3.05. The second kappa shape index (κ2) is 4.52. The first-order chi connectivity index (χ1) is 8.54. The molecule has 0 spiro atoms. The lowest BCUT2D eigenvalue weighted by molar-refractivity contribution is 0.0680. The van der Waals surface area contributed by atoms with E-state index in [9.17, 15) is 14.7 Å². The Bertz CT molecular complexity index is 521. The minimum absolute atomic E-state index is 0.0517. The predicted molar refractivity (Wildman–Crippen MR) is 61.5 cm³/mol. The lowest BCUT2D eigenvalue weighted by atomic mass is 10.1. The monoisotopic (exact) mass is 251 g/mol. The van der Waals surface area contributed by atoms with E-state index in [-0.39, 0.29) is 12.2 Å². The fraction of sp³-hybridized carbons (Fsp3) is 0.364. The summed E-state index contributed by atoms with van der Waals surface area (Å²) in [6.45, 7) is 4.25. The van der Waals surface area contributed by atoms with Crippen molar-refractivity contribution < 1.29 is 19.8 Å². The highest BCUT2D eigenvalue weighted by Crippen LogP contribution is 2.22. The molecule has 0 bridgehead atoms. The number of carboxylic acid groups (broad SMARTS) is 2. The van der Waals surface area contributed by atoms with Crippen molar-refractivity contribution in [2.75, 3.05) is 6.54 Å². The summed E-state index contributed by atoms with van der Waals surface area (Å²) in [7, 11) is 0. The van der Waals surface area contributed by atoms with Gasteiger partial charge in [0.2, 0.25) is 0 Å². The van der Waals surface area contributed by atoms with Crippen LogP contribution in [0.3, 0.4) is 0 Å². The van der Waals surface area contributed by atoms with Gasteiger partial charge in [-0.1, -0.05) is 6.08 Å². The average Bonchev–Trinajstić information content (AvgIpc) is 2.66. The first-order valence-electron chi connectivity index (χ1n) is 5.45. The molecule has 2 heterocycles. The van der Waals surface area contributed by atoms with Gasteiger partial charge in [0.25, 0.3) is 0 Å². The van der Waals surface area contributed by atoms with Crippen molar-refractivity contribution in [2.24, 2.45) is 0 Å². The van der Waals surface area contributed by atoms with E-state index in [0.29, 0.717) is 30.8 Å². The van der Waals surface area contributed by atoms with Crippen molar-refractivity contribution in [3.63, 3.8) is 0 Å². The van der Waals surface area contributed by atoms with Gasteiger partial charge in [0.15, 0.2) is 5.69 Å². The lowest BCUT2D eigenvalue weighted by Gasteiger charge is -2.23. The normalized spacial score (nSPS) is 14.1. The molecule has 0 aromatic carbocycles. The Morgan fingerprint density at radius 1 is 1.44 bits per heavy atom. The fourth-order valence-electron chi connectivity index (χ4n) is 2.08. The van der Waals surface area contributed by atoms with E-state index in [1.54, 1.807) is 6.08 Å². The number of hydrogen-bond acceptors (Lipinski definition) is 3. The van der Waals surface area contributed by atoms with Gasteiger partial charge in [0.05, 0.1) is 18.8 Å². The zero-order valence-corrected chi connectivity index (χ0v) is 9.67. The van der Waals surface area contributed by atoms with Gasteiger partial charge in [0.1, 0.15) is 0 Å². The first-order valence-corrected chi connectivity index (χ1v) is 5.45. The quantitative estimate of drug-likeness (QED) is 0.775. The molecule has 0 fully saturated rings. The maximum absolute atomic E-state index is 11.2. The van der Waals surface area contributed by atoms with Crippen LogP contribution in [0.1, 0.15) is 21.7 Å². The highest BCUT2D eigenvalue weighted by Gasteiger charge is 2.29. The van der Waals surface area contributed by atoms with Crippen LogP contribution in [0, 0.1) is 0 Å². The van der Waals surface area contributed by atoms with E-state index in [4.69, 9.17) is 5.11 Å². The summed E-state index contributed by atoms with van der Waals surface area (Å²) in [4.78, 5) is 23.3. The van der Waals surface area contributed by atoms with Gasteiger partial charge in [-0.2, -0.15) is 5.10 Å². The maximum atomic E-state index is 11.2. The number of hydrogen-bond donors (Lipinski definition) is 2. The van der Waals surface area contributed by atoms with E-state index in [2.05, 4.69) is 11.7 Å². The van der Waals surface area contributed by atoms with Gasteiger partial charge in [-0.05, 0) is 0 Å². The number of nitrogens with zero attached hydrogens (tertiary/aromatic N) is 3. The number of carboxylic acids is 1. The summed E-state index contributed by atoms with van der Waals surface area (Å²) in [5, 5.41) is 22.3. The Hall–Kier alpha value is -2.31. The predicted octanol–water partition coefficient (Wildman–Crippen LogP) is 0.803. The third-order valence-corrected chi connectivity index (χ3v) is 2.88. The van der Waals surface area contributed by atoms with Crippen LogP contribution in [0.5, 0.6) is 0 Å². The van der Waals surface area contributed by atoms with Crippen molar-refractivity contribution in [1.82, 2.24) is 14.7 Å². The van der Waals surface area contributed by atoms with Gasteiger partial charge in [-0.3, -0.25) is 4.68 Å². The molecular formula is C11H13N3O4. The zero-order valence-electron chi connectivity index (χ0n) is 9.67. The number of fused-ring (bicyclic) bond motifs is 1. The summed E-state index contributed by atoms with van der Waals surface area (Å²) >= 11 is 0. The molecule has 0 saturated heterocycles. The highest BCUT2D eigenvalue weighted by atomic mass is 16.4. The molecule has 0 radical (unpaired) electrons.